The van der Waals surface area contributed by atoms with Gasteiger partial charge >= 0.3 is 5.97 Å². The molecular weight excluding hydrogens is 495 g/mol. The molecule has 0 unspecified atom stereocenters. The maximum absolute atomic E-state index is 14.7. The summed E-state index contributed by atoms with van der Waals surface area (Å²) in [6.45, 7) is 8.81. The van der Waals surface area contributed by atoms with Gasteiger partial charge in [-0.2, -0.15) is 5.10 Å². The van der Waals surface area contributed by atoms with Crippen molar-refractivity contribution in [1.29, 1.82) is 0 Å². The quantitative estimate of drug-likeness (QED) is 0.457. The van der Waals surface area contributed by atoms with Gasteiger partial charge in [-0.1, -0.05) is 24.6 Å². The number of rotatable bonds is 7. The molecule has 0 amide bonds. The van der Waals surface area contributed by atoms with E-state index in [1.54, 1.807) is 16.8 Å². The molecule has 4 atom stereocenters. The average Bonchev–Trinajstić information content (AvgIpc) is 3.46. The number of aryl methyl sites for hydroxylation is 1. The van der Waals surface area contributed by atoms with E-state index < -0.39 is 5.97 Å². The van der Waals surface area contributed by atoms with Gasteiger partial charge < -0.3 is 10.0 Å². The SMILES string of the molecule is Cc1nn([C@H](C)c2ccc(Cl)cc2F)c2nc(N3CC[C@H](N4CCC[C@H]4CCC(=O)O)[C@H](C)C3)cnc12. The van der Waals surface area contributed by atoms with Crippen molar-refractivity contribution in [3.63, 3.8) is 0 Å². The predicted molar refractivity (Wildman–Crippen MR) is 142 cm³/mol. The van der Waals surface area contributed by atoms with Gasteiger partial charge in [0.2, 0.25) is 0 Å². The van der Waals surface area contributed by atoms with Crippen molar-refractivity contribution in [2.24, 2.45) is 5.92 Å². The number of benzene rings is 1. The molecule has 4 heterocycles. The van der Waals surface area contributed by atoms with Crippen LogP contribution in [0.25, 0.3) is 11.2 Å². The van der Waals surface area contributed by atoms with Crippen LogP contribution in [-0.2, 0) is 4.79 Å². The molecule has 1 aromatic carbocycles. The zero-order valence-corrected chi connectivity index (χ0v) is 22.3. The van der Waals surface area contributed by atoms with Crippen molar-refractivity contribution in [3.05, 3.63) is 46.5 Å². The molecule has 0 saturated carbocycles. The summed E-state index contributed by atoms with van der Waals surface area (Å²) < 4.78 is 16.4. The van der Waals surface area contributed by atoms with Crippen molar-refractivity contribution in [2.75, 3.05) is 24.5 Å². The van der Waals surface area contributed by atoms with Crippen LogP contribution in [0.2, 0.25) is 5.02 Å². The topological polar surface area (TPSA) is 87.4 Å². The van der Waals surface area contributed by atoms with E-state index in [9.17, 15) is 9.18 Å². The highest BCUT2D eigenvalue weighted by atomic mass is 35.5. The fourth-order valence-corrected chi connectivity index (χ4v) is 6.32. The van der Waals surface area contributed by atoms with E-state index in [4.69, 9.17) is 26.7 Å². The van der Waals surface area contributed by atoms with Gasteiger partial charge in [-0.25, -0.2) is 19.0 Å². The molecule has 5 rings (SSSR count). The standard InChI is InChI=1S/C27H34ClFN6O2/c1-16-15-33(12-10-23(16)34-11-4-5-20(34)7-9-25(36)37)24-14-30-26-17(2)32-35(27(26)31-24)18(3)21-8-6-19(28)13-22(21)29/h6,8,13-14,16,18,20,23H,4-5,7,9-12,15H2,1-3H3,(H,36,37)/t16-,18-,20+,23+/m1/s1. The number of hydrogen-bond donors (Lipinski definition) is 1. The van der Waals surface area contributed by atoms with E-state index in [1.807, 2.05) is 20.0 Å². The third-order valence-corrected chi connectivity index (χ3v) is 8.30. The van der Waals surface area contributed by atoms with Crippen LogP contribution in [0.4, 0.5) is 10.2 Å². The van der Waals surface area contributed by atoms with Crippen LogP contribution < -0.4 is 4.90 Å². The molecule has 2 fully saturated rings. The normalized spacial score (nSPS) is 23.6. The number of nitrogens with zero attached hydrogens (tertiary/aromatic N) is 6. The van der Waals surface area contributed by atoms with Crippen LogP contribution in [0.3, 0.4) is 0 Å². The van der Waals surface area contributed by atoms with Crippen LogP contribution >= 0.6 is 11.6 Å². The highest BCUT2D eigenvalue weighted by molar-refractivity contribution is 6.30. The Hall–Kier alpha value is -2.78. The molecule has 0 radical (unpaired) electrons. The molecule has 2 aliphatic heterocycles. The Morgan fingerprint density at radius 3 is 2.84 bits per heavy atom. The van der Waals surface area contributed by atoms with Crippen LogP contribution in [0.5, 0.6) is 0 Å². The summed E-state index contributed by atoms with van der Waals surface area (Å²) in [6.07, 6.45) is 5.98. The lowest BCUT2D eigenvalue weighted by molar-refractivity contribution is -0.137. The summed E-state index contributed by atoms with van der Waals surface area (Å²) >= 11 is 5.96. The molecule has 2 saturated heterocycles. The second kappa shape index (κ2) is 10.5. The monoisotopic (exact) mass is 528 g/mol. The molecule has 8 nitrogen and oxygen atoms in total. The molecular formula is C27H34ClFN6O2. The van der Waals surface area contributed by atoms with E-state index >= 15 is 0 Å². The smallest absolute Gasteiger partial charge is 0.303 e. The number of carboxylic acids is 1. The summed E-state index contributed by atoms with van der Waals surface area (Å²) in [5.41, 5.74) is 2.61. The third kappa shape index (κ3) is 5.16. The third-order valence-electron chi connectivity index (χ3n) is 8.06. The first kappa shape index (κ1) is 25.9. The molecule has 0 bridgehead atoms. The highest BCUT2D eigenvalue weighted by Crippen LogP contribution is 2.33. The predicted octanol–water partition coefficient (Wildman–Crippen LogP) is 5.08. The Kier molecular flexibility index (Phi) is 7.36. The number of aliphatic carboxylic acids is 1. The van der Waals surface area contributed by atoms with Crippen molar-refractivity contribution >= 4 is 34.6 Å². The molecule has 2 aliphatic rings. The van der Waals surface area contributed by atoms with Crippen molar-refractivity contribution < 1.29 is 14.3 Å². The number of fused-ring (bicyclic) bond motifs is 1. The van der Waals surface area contributed by atoms with Crippen molar-refractivity contribution in [2.45, 2.75) is 71.0 Å². The second-order valence-corrected chi connectivity index (χ2v) is 11.0. The number of halogens is 2. The van der Waals surface area contributed by atoms with E-state index in [0.717, 1.165) is 56.8 Å². The molecule has 2 aromatic heterocycles. The lowest BCUT2D eigenvalue weighted by Crippen LogP contribution is -2.52. The number of anilines is 1. The zero-order valence-electron chi connectivity index (χ0n) is 21.6. The van der Waals surface area contributed by atoms with Gasteiger partial charge in [-0.3, -0.25) is 9.69 Å². The first-order valence-electron chi connectivity index (χ1n) is 13.1. The number of piperidine rings is 1. The minimum Gasteiger partial charge on any atom is -0.481 e. The van der Waals surface area contributed by atoms with E-state index in [2.05, 4.69) is 21.8 Å². The minimum absolute atomic E-state index is 0.232. The lowest BCUT2D eigenvalue weighted by Gasteiger charge is -2.43. The number of aromatic nitrogens is 4. The molecule has 0 spiro atoms. The summed E-state index contributed by atoms with van der Waals surface area (Å²) in [6, 6.07) is 5.12. The summed E-state index contributed by atoms with van der Waals surface area (Å²) in [4.78, 5) is 25.6. The van der Waals surface area contributed by atoms with Gasteiger partial charge in [0.1, 0.15) is 17.2 Å². The number of hydrogen-bond acceptors (Lipinski definition) is 6. The maximum Gasteiger partial charge on any atom is 0.303 e. The van der Waals surface area contributed by atoms with Crippen LogP contribution in [-0.4, -0.2) is 67.4 Å². The largest absolute Gasteiger partial charge is 0.481 e. The molecule has 37 heavy (non-hydrogen) atoms. The van der Waals surface area contributed by atoms with Gasteiger partial charge in [-0.05, 0) is 64.1 Å². The van der Waals surface area contributed by atoms with Gasteiger partial charge in [0, 0.05) is 42.2 Å². The second-order valence-electron chi connectivity index (χ2n) is 10.5. The molecule has 1 N–H and O–H groups in total. The Bertz CT molecular complexity index is 1300. The first-order chi connectivity index (χ1) is 17.7. The number of carbonyl (C=O) groups is 1. The van der Waals surface area contributed by atoms with E-state index in [-0.39, 0.29) is 18.3 Å². The Labute approximate surface area is 221 Å². The van der Waals surface area contributed by atoms with Gasteiger partial charge in [0.25, 0.3) is 0 Å². The van der Waals surface area contributed by atoms with Gasteiger partial charge in [0.15, 0.2) is 5.65 Å². The summed E-state index contributed by atoms with van der Waals surface area (Å²) in [5.74, 6) is 0.119. The Morgan fingerprint density at radius 1 is 1.30 bits per heavy atom. The molecule has 198 valence electrons. The molecule has 3 aromatic rings. The van der Waals surface area contributed by atoms with Crippen LogP contribution in [0, 0.1) is 18.7 Å². The molecule has 0 aliphatic carbocycles. The first-order valence-corrected chi connectivity index (χ1v) is 13.5. The highest BCUT2D eigenvalue weighted by Gasteiger charge is 2.37. The maximum atomic E-state index is 14.7. The summed E-state index contributed by atoms with van der Waals surface area (Å²) in [5, 5.41) is 14.2. The number of carboxylic acid groups (broad SMARTS) is 1. The minimum atomic E-state index is -0.716. The van der Waals surface area contributed by atoms with Gasteiger partial charge in [-0.15, -0.1) is 0 Å². The fourth-order valence-electron chi connectivity index (χ4n) is 6.16. The van der Waals surface area contributed by atoms with Crippen LogP contribution in [0.15, 0.2) is 24.4 Å². The Morgan fingerprint density at radius 2 is 2.11 bits per heavy atom. The van der Waals surface area contributed by atoms with E-state index in [1.165, 1.54) is 6.07 Å². The van der Waals surface area contributed by atoms with Crippen LogP contribution in [0.1, 0.15) is 63.3 Å². The Balaban J connectivity index is 1.36. The summed E-state index contributed by atoms with van der Waals surface area (Å²) in [7, 11) is 0. The number of likely N-dealkylation sites (tertiary alicyclic amines) is 1. The zero-order chi connectivity index (χ0) is 26.3. The van der Waals surface area contributed by atoms with Crippen molar-refractivity contribution in [1.82, 2.24) is 24.6 Å². The van der Waals surface area contributed by atoms with E-state index in [0.29, 0.717) is 39.8 Å². The lowest BCUT2D eigenvalue weighted by atomic mass is 9.91. The fraction of sp³-hybridized carbons (Fsp3) is 0.556. The average molecular weight is 529 g/mol. The molecule has 10 heteroatoms. The van der Waals surface area contributed by atoms with Crippen molar-refractivity contribution in [3.8, 4) is 0 Å². The van der Waals surface area contributed by atoms with Gasteiger partial charge in [0.05, 0.1) is 17.9 Å².